The first-order chi connectivity index (χ1) is 12.1. The van der Waals surface area contributed by atoms with E-state index in [-0.39, 0.29) is 0 Å². The molecular formula is C20H25F2NO2. The summed E-state index contributed by atoms with van der Waals surface area (Å²) < 4.78 is 37.0. The third-order valence-electron chi connectivity index (χ3n) is 4.16. The minimum atomic E-state index is -2.38. The monoisotopic (exact) mass is 349 g/mol. The summed E-state index contributed by atoms with van der Waals surface area (Å²) in [6.07, 6.45) is -0.684. The van der Waals surface area contributed by atoms with Gasteiger partial charge in [-0.1, -0.05) is 36.4 Å². The van der Waals surface area contributed by atoms with Crippen LogP contribution in [0.2, 0.25) is 0 Å². The molecule has 0 bridgehead atoms. The van der Waals surface area contributed by atoms with Crippen LogP contribution in [0.15, 0.2) is 48.5 Å². The van der Waals surface area contributed by atoms with Gasteiger partial charge in [0.25, 0.3) is 6.43 Å². The third kappa shape index (κ3) is 6.02. The Labute approximate surface area is 148 Å². The third-order valence-corrected chi connectivity index (χ3v) is 4.16. The van der Waals surface area contributed by atoms with E-state index in [0.29, 0.717) is 37.3 Å². The molecule has 0 saturated heterocycles. The molecule has 0 aromatic heterocycles. The summed E-state index contributed by atoms with van der Waals surface area (Å²) in [5, 5.41) is 2.98. The average Bonchev–Trinajstić information content (AvgIpc) is 2.64. The molecule has 0 saturated carbocycles. The van der Waals surface area contributed by atoms with Crippen LogP contribution in [-0.4, -0.2) is 33.2 Å². The number of methoxy groups -OCH3 is 2. The molecule has 25 heavy (non-hydrogen) atoms. The lowest BCUT2D eigenvalue weighted by Gasteiger charge is -2.18. The molecular weight excluding hydrogens is 324 g/mol. The first-order valence-corrected chi connectivity index (χ1v) is 8.40. The molecule has 0 aliphatic heterocycles. The fourth-order valence-electron chi connectivity index (χ4n) is 2.72. The second-order valence-corrected chi connectivity index (χ2v) is 5.86. The Morgan fingerprint density at radius 3 is 2.24 bits per heavy atom. The summed E-state index contributed by atoms with van der Waals surface area (Å²) >= 11 is 0. The predicted octanol–water partition coefficient (Wildman–Crippen LogP) is 4.10. The van der Waals surface area contributed by atoms with E-state index in [1.807, 2.05) is 48.5 Å². The molecule has 2 aromatic rings. The maximum atomic E-state index is 13.2. The Morgan fingerprint density at radius 1 is 0.880 bits per heavy atom. The number of benzene rings is 2. The van der Waals surface area contributed by atoms with Gasteiger partial charge < -0.3 is 14.8 Å². The largest absolute Gasteiger partial charge is 0.493 e. The molecule has 1 N–H and O–H groups in total. The van der Waals surface area contributed by atoms with Crippen LogP contribution in [0.25, 0.3) is 0 Å². The number of ether oxygens (including phenoxy) is 2. The molecule has 1 atom stereocenters. The second kappa shape index (κ2) is 9.99. The maximum absolute atomic E-state index is 13.2. The van der Waals surface area contributed by atoms with E-state index in [1.165, 1.54) is 0 Å². The normalized spacial score (nSPS) is 12.2. The van der Waals surface area contributed by atoms with Crippen molar-refractivity contribution in [1.29, 1.82) is 0 Å². The molecule has 0 radical (unpaired) electrons. The quantitative estimate of drug-likeness (QED) is 0.700. The summed E-state index contributed by atoms with van der Waals surface area (Å²) in [6.45, 7) is 0.485. The number of hydrogen-bond donors (Lipinski definition) is 1. The smallest absolute Gasteiger partial charge is 0.253 e. The van der Waals surface area contributed by atoms with Crippen molar-refractivity contribution in [3.05, 3.63) is 59.7 Å². The SMILES string of the molecule is COc1ccc(CCN[C@@H](CCc2ccccc2)C(F)F)cc1OC. The van der Waals surface area contributed by atoms with E-state index in [2.05, 4.69) is 5.32 Å². The molecule has 0 aliphatic rings. The van der Waals surface area contributed by atoms with E-state index in [0.717, 1.165) is 11.1 Å². The van der Waals surface area contributed by atoms with Crippen LogP contribution in [0.4, 0.5) is 8.78 Å². The second-order valence-electron chi connectivity index (χ2n) is 5.86. The van der Waals surface area contributed by atoms with Gasteiger partial charge in [0.1, 0.15) is 0 Å². The lowest BCUT2D eigenvalue weighted by atomic mass is 10.0. The molecule has 136 valence electrons. The maximum Gasteiger partial charge on any atom is 0.253 e. The van der Waals surface area contributed by atoms with Crippen LogP contribution >= 0.6 is 0 Å². The summed E-state index contributed by atoms with van der Waals surface area (Å²) in [5.74, 6) is 1.31. The number of rotatable bonds is 10. The predicted molar refractivity (Wildman–Crippen MR) is 95.8 cm³/mol. The minimum Gasteiger partial charge on any atom is -0.493 e. The Morgan fingerprint density at radius 2 is 1.60 bits per heavy atom. The Hall–Kier alpha value is -2.14. The standard InChI is InChI=1S/C20H25F2NO2/c1-24-18-11-9-16(14-19(18)25-2)12-13-23-17(20(21)22)10-8-15-6-4-3-5-7-15/h3-7,9,11,14,17,20,23H,8,10,12-13H2,1-2H3/t17-/m0/s1. The van der Waals surface area contributed by atoms with Crippen molar-refractivity contribution in [3.63, 3.8) is 0 Å². The molecule has 0 amide bonds. The van der Waals surface area contributed by atoms with Gasteiger partial charge in [-0.3, -0.25) is 0 Å². The highest BCUT2D eigenvalue weighted by Gasteiger charge is 2.19. The zero-order valence-corrected chi connectivity index (χ0v) is 14.7. The minimum absolute atomic E-state index is 0.410. The van der Waals surface area contributed by atoms with Gasteiger partial charge in [0.05, 0.1) is 20.3 Å². The number of aryl methyl sites for hydroxylation is 1. The van der Waals surface area contributed by atoms with E-state index in [4.69, 9.17) is 9.47 Å². The molecule has 0 fully saturated rings. The number of hydrogen-bond acceptors (Lipinski definition) is 3. The first kappa shape index (κ1) is 19.2. The summed E-state index contributed by atoms with van der Waals surface area (Å²) in [6, 6.07) is 14.5. The molecule has 3 nitrogen and oxygen atoms in total. The average molecular weight is 349 g/mol. The highest BCUT2D eigenvalue weighted by molar-refractivity contribution is 5.42. The van der Waals surface area contributed by atoms with Crippen LogP contribution in [0.5, 0.6) is 11.5 Å². The van der Waals surface area contributed by atoms with Gasteiger partial charge in [0.2, 0.25) is 0 Å². The Bertz CT molecular complexity index is 635. The highest BCUT2D eigenvalue weighted by atomic mass is 19.3. The molecule has 2 rings (SSSR count). The van der Waals surface area contributed by atoms with Crippen LogP contribution in [-0.2, 0) is 12.8 Å². The molecule has 0 heterocycles. The summed E-state index contributed by atoms with van der Waals surface area (Å²) in [4.78, 5) is 0. The number of halogens is 2. The van der Waals surface area contributed by atoms with Crippen molar-refractivity contribution >= 4 is 0 Å². The zero-order valence-electron chi connectivity index (χ0n) is 14.7. The molecule has 5 heteroatoms. The van der Waals surface area contributed by atoms with Gasteiger partial charge in [-0.15, -0.1) is 0 Å². The van der Waals surface area contributed by atoms with Gasteiger partial charge in [0.15, 0.2) is 11.5 Å². The van der Waals surface area contributed by atoms with Crippen molar-refractivity contribution in [1.82, 2.24) is 5.32 Å². The lowest BCUT2D eigenvalue weighted by molar-refractivity contribution is 0.0945. The van der Waals surface area contributed by atoms with Crippen molar-refractivity contribution in [2.75, 3.05) is 20.8 Å². The fraction of sp³-hybridized carbons (Fsp3) is 0.400. The summed E-state index contributed by atoms with van der Waals surface area (Å²) in [7, 11) is 3.16. The molecule has 0 unspecified atom stereocenters. The van der Waals surface area contributed by atoms with Crippen LogP contribution in [0.1, 0.15) is 17.5 Å². The van der Waals surface area contributed by atoms with Gasteiger partial charge in [-0.25, -0.2) is 8.78 Å². The Kier molecular flexibility index (Phi) is 7.67. The summed E-state index contributed by atoms with van der Waals surface area (Å²) in [5.41, 5.74) is 2.09. The first-order valence-electron chi connectivity index (χ1n) is 8.40. The van der Waals surface area contributed by atoms with Gasteiger partial charge in [-0.2, -0.15) is 0 Å². The molecule has 2 aromatic carbocycles. The number of alkyl halides is 2. The zero-order chi connectivity index (χ0) is 18.1. The lowest BCUT2D eigenvalue weighted by Crippen LogP contribution is -2.37. The van der Waals surface area contributed by atoms with E-state index in [1.54, 1.807) is 14.2 Å². The topological polar surface area (TPSA) is 30.5 Å². The number of nitrogens with one attached hydrogen (secondary N) is 1. The highest BCUT2D eigenvalue weighted by Crippen LogP contribution is 2.27. The van der Waals surface area contributed by atoms with Crippen molar-refractivity contribution in [2.24, 2.45) is 0 Å². The van der Waals surface area contributed by atoms with Crippen molar-refractivity contribution < 1.29 is 18.3 Å². The van der Waals surface area contributed by atoms with E-state index < -0.39 is 12.5 Å². The van der Waals surface area contributed by atoms with Gasteiger partial charge >= 0.3 is 0 Å². The molecule has 0 aliphatic carbocycles. The molecule has 0 spiro atoms. The van der Waals surface area contributed by atoms with Gasteiger partial charge in [0, 0.05) is 0 Å². The van der Waals surface area contributed by atoms with Crippen LogP contribution < -0.4 is 14.8 Å². The fourth-order valence-corrected chi connectivity index (χ4v) is 2.72. The van der Waals surface area contributed by atoms with Crippen molar-refractivity contribution in [3.8, 4) is 11.5 Å². The van der Waals surface area contributed by atoms with E-state index in [9.17, 15) is 8.78 Å². The van der Waals surface area contributed by atoms with Crippen LogP contribution in [0, 0.1) is 0 Å². The Balaban J connectivity index is 1.84. The van der Waals surface area contributed by atoms with Crippen molar-refractivity contribution in [2.45, 2.75) is 31.7 Å². The van der Waals surface area contributed by atoms with E-state index >= 15 is 0 Å². The van der Waals surface area contributed by atoms with Crippen LogP contribution in [0.3, 0.4) is 0 Å². The van der Waals surface area contributed by atoms with Gasteiger partial charge in [-0.05, 0) is 49.1 Å².